The quantitative estimate of drug-likeness (QED) is 0.477. The molecule has 0 saturated heterocycles. The van der Waals surface area contributed by atoms with Crippen LogP contribution in [0.4, 0.5) is 5.69 Å². The van der Waals surface area contributed by atoms with E-state index in [0.29, 0.717) is 18.7 Å². The fraction of sp³-hybridized carbons (Fsp3) is 0.250. The molecule has 1 atom stereocenters. The largest absolute Gasteiger partial charge is 0.497 e. The van der Waals surface area contributed by atoms with Crippen molar-refractivity contribution in [2.24, 2.45) is 0 Å². The van der Waals surface area contributed by atoms with Crippen molar-refractivity contribution in [1.82, 2.24) is 0 Å². The van der Waals surface area contributed by atoms with E-state index in [1.165, 1.54) is 0 Å². The number of methoxy groups -OCH3 is 1. The van der Waals surface area contributed by atoms with Crippen molar-refractivity contribution in [2.75, 3.05) is 18.6 Å². The smallest absolute Gasteiger partial charge is 0.337 e. The van der Waals surface area contributed by atoms with Crippen molar-refractivity contribution < 1.29 is 14.3 Å². The Hall–Kier alpha value is -1.98. The summed E-state index contributed by atoms with van der Waals surface area (Å²) in [6.45, 7) is 2.69. The van der Waals surface area contributed by atoms with Crippen LogP contribution in [0.5, 0.6) is 5.75 Å². The summed E-state index contributed by atoms with van der Waals surface area (Å²) < 4.78 is 11.3. The molecule has 1 aliphatic heterocycles. The van der Waals surface area contributed by atoms with E-state index >= 15 is 0 Å². The second kappa shape index (κ2) is 8.14. The first-order valence-electron chi connectivity index (χ1n) is 8.25. The molecule has 2 aromatic carbocycles. The van der Waals surface area contributed by atoms with Crippen LogP contribution < -0.4 is 9.64 Å². The van der Waals surface area contributed by atoms with Crippen LogP contribution in [0.15, 0.2) is 58.7 Å². The van der Waals surface area contributed by atoms with E-state index < -0.39 is 11.3 Å². The van der Waals surface area contributed by atoms with Gasteiger partial charge in [0.05, 0.1) is 24.7 Å². The Bertz CT molecular complexity index is 835. The molecule has 2 aromatic rings. The van der Waals surface area contributed by atoms with E-state index in [0.717, 1.165) is 27.0 Å². The van der Waals surface area contributed by atoms with E-state index in [2.05, 4.69) is 15.9 Å². The lowest BCUT2D eigenvalue weighted by molar-refractivity contribution is -0.138. The highest BCUT2D eigenvalue weighted by molar-refractivity contribution is 9.10. The van der Waals surface area contributed by atoms with Crippen LogP contribution >= 0.6 is 27.5 Å². The fourth-order valence-electron chi connectivity index (χ4n) is 2.89. The molecule has 0 aliphatic carbocycles. The minimum absolute atomic E-state index is 0.309. The van der Waals surface area contributed by atoms with Gasteiger partial charge >= 0.3 is 5.97 Å². The lowest BCUT2D eigenvalue weighted by Gasteiger charge is -2.31. The molecule has 0 bridgehead atoms. The van der Waals surface area contributed by atoms with E-state index in [1.54, 1.807) is 20.2 Å². The van der Waals surface area contributed by atoms with Gasteiger partial charge in [-0.25, -0.2) is 4.79 Å². The van der Waals surface area contributed by atoms with Crippen molar-refractivity contribution in [3.05, 3.63) is 69.8 Å². The number of anilines is 1. The van der Waals surface area contributed by atoms with Gasteiger partial charge < -0.3 is 14.4 Å². The summed E-state index contributed by atoms with van der Waals surface area (Å²) in [6, 6.07) is 13.7. The zero-order valence-electron chi connectivity index (χ0n) is 14.5. The lowest BCUT2D eigenvalue weighted by Crippen LogP contribution is -2.26. The van der Waals surface area contributed by atoms with Gasteiger partial charge in [0, 0.05) is 22.9 Å². The summed E-state index contributed by atoms with van der Waals surface area (Å²) in [4.78, 5) is 14.4. The van der Waals surface area contributed by atoms with Gasteiger partial charge in [0.15, 0.2) is 0 Å². The number of halogens is 2. The molecule has 0 fully saturated rings. The molecule has 0 spiro atoms. The van der Waals surface area contributed by atoms with Crippen LogP contribution in [0.2, 0.25) is 0 Å². The van der Waals surface area contributed by atoms with Crippen molar-refractivity contribution in [2.45, 2.75) is 18.8 Å². The molecular formula is C20H19BrClNO3. The average molecular weight is 437 g/mol. The molecule has 1 aliphatic rings. The second-order valence-electron chi connectivity index (χ2n) is 5.85. The van der Waals surface area contributed by atoms with Gasteiger partial charge in [0.1, 0.15) is 5.75 Å². The number of esters is 1. The zero-order chi connectivity index (χ0) is 18.7. The third-order valence-electron chi connectivity index (χ3n) is 4.16. The normalized spacial score (nSPS) is 15.9. The zero-order valence-corrected chi connectivity index (χ0v) is 16.9. The monoisotopic (exact) mass is 435 g/mol. The Morgan fingerprint density at radius 1 is 1.23 bits per heavy atom. The molecule has 1 heterocycles. The maximum atomic E-state index is 12.4. The van der Waals surface area contributed by atoms with Crippen LogP contribution in [0.25, 0.3) is 0 Å². The summed E-state index contributed by atoms with van der Waals surface area (Å²) in [6.07, 6.45) is 1.79. The summed E-state index contributed by atoms with van der Waals surface area (Å²) in [7, 11) is 1.64. The van der Waals surface area contributed by atoms with Crippen LogP contribution in [0.3, 0.4) is 0 Å². The maximum Gasteiger partial charge on any atom is 0.337 e. The first-order chi connectivity index (χ1) is 12.5. The number of carbonyl (C=O) groups excluding carboxylic acids is 1. The molecular weight excluding hydrogens is 418 g/mol. The minimum atomic E-state index is -0.548. The molecule has 0 amide bonds. The summed E-state index contributed by atoms with van der Waals surface area (Å²) in [5, 5.41) is -0.548. The topological polar surface area (TPSA) is 38.8 Å². The number of rotatable bonds is 5. The summed E-state index contributed by atoms with van der Waals surface area (Å²) in [5.41, 5.74) is 3.37. The summed E-state index contributed by atoms with van der Waals surface area (Å²) in [5.74, 6) is 0.415. The molecule has 3 rings (SSSR count). The second-order valence-corrected chi connectivity index (χ2v) is 7.20. The Balaban J connectivity index is 1.98. The molecule has 0 radical (unpaired) electrons. The molecule has 4 nitrogen and oxygen atoms in total. The number of nitrogens with zero attached hydrogens (tertiary/aromatic N) is 1. The Morgan fingerprint density at radius 2 is 1.96 bits per heavy atom. The Labute approximate surface area is 166 Å². The first-order valence-corrected chi connectivity index (χ1v) is 9.48. The van der Waals surface area contributed by atoms with E-state index in [4.69, 9.17) is 21.1 Å². The highest BCUT2D eigenvalue weighted by atomic mass is 79.9. The molecule has 136 valence electrons. The van der Waals surface area contributed by atoms with Gasteiger partial charge in [-0.2, -0.15) is 0 Å². The van der Waals surface area contributed by atoms with Crippen LogP contribution in [-0.4, -0.2) is 19.7 Å². The van der Waals surface area contributed by atoms with Gasteiger partial charge in [0.25, 0.3) is 0 Å². The third kappa shape index (κ3) is 3.89. The van der Waals surface area contributed by atoms with E-state index in [-0.39, 0.29) is 0 Å². The highest BCUT2D eigenvalue weighted by Crippen LogP contribution is 2.42. The molecule has 26 heavy (non-hydrogen) atoms. The predicted octanol–water partition coefficient (Wildman–Crippen LogP) is 5.20. The highest BCUT2D eigenvalue weighted by Gasteiger charge is 2.30. The van der Waals surface area contributed by atoms with Crippen molar-refractivity contribution >= 4 is 39.2 Å². The number of hydrogen-bond donors (Lipinski definition) is 0. The van der Waals surface area contributed by atoms with Gasteiger partial charge in [-0.15, -0.1) is 11.6 Å². The minimum Gasteiger partial charge on any atom is -0.497 e. The number of fused-ring (bicyclic) bond motifs is 1. The molecule has 0 saturated carbocycles. The maximum absolute atomic E-state index is 12.4. The first kappa shape index (κ1) is 18.8. The number of carbonyl (C=O) groups is 1. The Morgan fingerprint density at radius 3 is 2.62 bits per heavy atom. The summed E-state index contributed by atoms with van der Waals surface area (Å²) >= 11 is 10.1. The van der Waals surface area contributed by atoms with Gasteiger partial charge in [-0.3, -0.25) is 0 Å². The van der Waals surface area contributed by atoms with E-state index in [1.807, 2.05) is 47.4 Å². The van der Waals surface area contributed by atoms with Crippen LogP contribution in [0, 0.1) is 0 Å². The standard InChI is InChI=1S/C20H19BrClNO3/c1-3-26-20(24)17-12-23(11-13-4-7-15(25-2)8-5-13)18-9-6-14(21)10-16(18)19(17)22/h4-10,12,19H,3,11H2,1-2H3. The fourth-order valence-corrected chi connectivity index (χ4v) is 3.59. The lowest BCUT2D eigenvalue weighted by atomic mass is 9.98. The number of benzene rings is 2. The molecule has 6 heteroatoms. The molecule has 1 unspecified atom stereocenters. The number of hydrogen-bond acceptors (Lipinski definition) is 4. The number of alkyl halides is 1. The third-order valence-corrected chi connectivity index (χ3v) is 5.13. The van der Waals surface area contributed by atoms with E-state index in [9.17, 15) is 4.79 Å². The Kier molecular flexibility index (Phi) is 5.89. The van der Waals surface area contributed by atoms with Gasteiger partial charge in [-0.05, 0) is 48.4 Å². The SMILES string of the molecule is CCOC(=O)C1=CN(Cc2ccc(OC)cc2)c2ccc(Br)cc2C1Cl. The van der Waals surface area contributed by atoms with Crippen LogP contribution in [0.1, 0.15) is 23.4 Å². The van der Waals surface area contributed by atoms with Crippen LogP contribution in [-0.2, 0) is 16.1 Å². The van der Waals surface area contributed by atoms with Crippen molar-refractivity contribution in [3.63, 3.8) is 0 Å². The number of ether oxygens (including phenoxy) is 2. The van der Waals surface area contributed by atoms with Crippen molar-refractivity contribution in [3.8, 4) is 5.75 Å². The predicted molar refractivity (Wildman–Crippen MR) is 107 cm³/mol. The average Bonchev–Trinajstić information content (AvgIpc) is 2.64. The van der Waals surface area contributed by atoms with Crippen molar-refractivity contribution in [1.29, 1.82) is 0 Å². The molecule has 0 aromatic heterocycles. The van der Waals surface area contributed by atoms with Gasteiger partial charge in [-0.1, -0.05) is 28.1 Å². The van der Waals surface area contributed by atoms with Gasteiger partial charge in [0.2, 0.25) is 0 Å². The molecule has 0 N–H and O–H groups in total.